The van der Waals surface area contributed by atoms with Gasteiger partial charge in [-0.2, -0.15) is 5.10 Å². The number of Topliss-reactive ketones (excluding diaryl/α,β-unsaturated/α-hetero) is 1. The number of phenols is 1. The van der Waals surface area contributed by atoms with Crippen molar-refractivity contribution in [2.24, 2.45) is 5.10 Å². The van der Waals surface area contributed by atoms with E-state index < -0.39 is 6.23 Å². The zero-order chi connectivity index (χ0) is 19.1. The first-order chi connectivity index (χ1) is 13.7. The fourth-order valence-electron chi connectivity index (χ4n) is 3.78. The molecule has 0 aliphatic carbocycles. The van der Waals surface area contributed by atoms with E-state index in [0.29, 0.717) is 17.7 Å². The van der Waals surface area contributed by atoms with Gasteiger partial charge in [0.15, 0.2) is 0 Å². The Balaban J connectivity index is 1.56. The Bertz CT molecular complexity index is 1060. The quantitative estimate of drug-likeness (QED) is 0.704. The molecule has 2 atom stereocenters. The number of rotatable bonds is 3. The van der Waals surface area contributed by atoms with Crippen molar-refractivity contribution in [3.8, 4) is 11.5 Å². The fraction of sp³-hybridized carbons (Fsp3) is 0.130. The van der Waals surface area contributed by atoms with Gasteiger partial charge in [-0.3, -0.25) is 4.79 Å². The molecule has 0 unspecified atom stereocenters. The van der Waals surface area contributed by atoms with Crippen LogP contribution in [0.5, 0.6) is 11.5 Å². The summed E-state index contributed by atoms with van der Waals surface area (Å²) in [6, 6.07) is 24.0. The van der Waals surface area contributed by atoms with Gasteiger partial charge in [0, 0.05) is 17.5 Å². The number of hydrogen-bond acceptors (Lipinski definition) is 5. The van der Waals surface area contributed by atoms with Crippen LogP contribution in [-0.4, -0.2) is 27.8 Å². The highest BCUT2D eigenvalue weighted by atomic mass is 16.5. The molecule has 0 radical (unpaired) electrons. The van der Waals surface area contributed by atoms with Crippen LogP contribution in [0.4, 0.5) is 0 Å². The van der Waals surface area contributed by atoms with Crippen LogP contribution in [-0.2, 0) is 0 Å². The molecule has 3 aromatic rings. The molecule has 5 nitrogen and oxygen atoms in total. The minimum atomic E-state index is -0.842. The van der Waals surface area contributed by atoms with Crippen LogP contribution in [0, 0.1) is 0 Å². The number of fused-ring (bicyclic) bond motifs is 3. The molecule has 0 fully saturated rings. The lowest BCUT2D eigenvalue weighted by atomic mass is 9.96. The number of carbonyl (C=O) groups excluding carboxylic acids is 1. The lowest BCUT2D eigenvalue weighted by Crippen LogP contribution is -2.45. The van der Waals surface area contributed by atoms with Crippen molar-refractivity contribution < 1.29 is 14.6 Å². The maximum Gasteiger partial charge on any atom is 0.251 e. The molecule has 2 aliphatic heterocycles. The number of hydrazone groups is 1. The van der Waals surface area contributed by atoms with E-state index in [-0.39, 0.29) is 17.6 Å². The third kappa shape index (κ3) is 2.72. The number of hydrogen-bond donors (Lipinski definition) is 1. The predicted molar refractivity (Wildman–Crippen MR) is 105 cm³/mol. The van der Waals surface area contributed by atoms with Gasteiger partial charge in [0.05, 0.1) is 11.8 Å². The first kappa shape index (κ1) is 16.6. The minimum absolute atomic E-state index is 0.0498. The lowest BCUT2D eigenvalue weighted by molar-refractivity contribution is -0.00455. The van der Waals surface area contributed by atoms with Crippen molar-refractivity contribution in [3.63, 3.8) is 0 Å². The molecule has 138 valence electrons. The average molecular weight is 370 g/mol. The largest absolute Gasteiger partial charge is 0.508 e. The molecule has 0 aromatic heterocycles. The summed E-state index contributed by atoms with van der Waals surface area (Å²) in [6.07, 6.45) is -0.130. The first-order valence-electron chi connectivity index (χ1n) is 9.21. The summed E-state index contributed by atoms with van der Waals surface area (Å²) in [4.78, 5) is 13.2. The highest BCUT2D eigenvalue weighted by molar-refractivity contribution is 6.03. The van der Waals surface area contributed by atoms with Crippen molar-refractivity contribution in [3.05, 3.63) is 95.6 Å². The number of para-hydroxylation sites is 1. The van der Waals surface area contributed by atoms with Gasteiger partial charge in [0.2, 0.25) is 5.78 Å². The molecule has 28 heavy (non-hydrogen) atoms. The van der Waals surface area contributed by atoms with Crippen LogP contribution in [0.1, 0.15) is 33.9 Å². The van der Waals surface area contributed by atoms with Gasteiger partial charge in [-0.1, -0.05) is 48.5 Å². The second-order valence-electron chi connectivity index (χ2n) is 6.93. The Labute approximate surface area is 162 Å². The Kier molecular flexibility index (Phi) is 3.86. The average Bonchev–Trinajstić information content (AvgIpc) is 3.20. The molecule has 0 saturated heterocycles. The van der Waals surface area contributed by atoms with Gasteiger partial charge in [-0.05, 0) is 35.9 Å². The summed E-state index contributed by atoms with van der Waals surface area (Å²) in [5.74, 6) is 0.651. The number of benzene rings is 3. The number of phenolic OH excluding ortho intramolecular Hbond substituents is 1. The van der Waals surface area contributed by atoms with E-state index in [0.717, 1.165) is 16.8 Å². The van der Waals surface area contributed by atoms with Crippen LogP contribution in [0.25, 0.3) is 0 Å². The van der Waals surface area contributed by atoms with E-state index in [1.54, 1.807) is 17.1 Å². The number of aromatic hydroxyl groups is 1. The highest BCUT2D eigenvalue weighted by Gasteiger charge is 2.43. The van der Waals surface area contributed by atoms with Gasteiger partial charge in [0.25, 0.3) is 6.23 Å². The SMILES string of the molecule is O=C(c1ccc(O)cc1)[C@@H]1Oc2ccccc2[C@@H]2CC(c3ccccc3)=NN12. The van der Waals surface area contributed by atoms with E-state index in [9.17, 15) is 9.90 Å². The number of carbonyl (C=O) groups is 1. The van der Waals surface area contributed by atoms with Gasteiger partial charge in [0.1, 0.15) is 11.5 Å². The predicted octanol–water partition coefficient (Wildman–Crippen LogP) is 4.14. The smallest absolute Gasteiger partial charge is 0.251 e. The van der Waals surface area contributed by atoms with Crippen LogP contribution in [0.2, 0.25) is 0 Å². The molecule has 0 bridgehead atoms. The third-order valence-corrected chi connectivity index (χ3v) is 5.18. The third-order valence-electron chi connectivity index (χ3n) is 5.18. The number of ether oxygens (including phenoxy) is 1. The molecular weight excluding hydrogens is 352 g/mol. The zero-order valence-electron chi connectivity index (χ0n) is 15.0. The number of nitrogens with zero attached hydrogens (tertiary/aromatic N) is 2. The minimum Gasteiger partial charge on any atom is -0.508 e. The Morgan fingerprint density at radius 3 is 2.46 bits per heavy atom. The van der Waals surface area contributed by atoms with Gasteiger partial charge in [-0.25, -0.2) is 5.01 Å². The van der Waals surface area contributed by atoms with Crippen molar-refractivity contribution in [1.82, 2.24) is 5.01 Å². The first-order valence-corrected chi connectivity index (χ1v) is 9.21. The normalized spacial score (nSPS) is 20.0. The van der Waals surface area contributed by atoms with E-state index in [1.165, 1.54) is 12.1 Å². The van der Waals surface area contributed by atoms with E-state index >= 15 is 0 Å². The van der Waals surface area contributed by atoms with Gasteiger partial charge in [-0.15, -0.1) is 0 Å². The summed E-state index contributed by atoms with van der Waals surface area (Å²) in [5, 5.41) is 16.1. The Morgan fingerprint density at radius 2 is 1.68 bits per heavy atom. The van der Waals surface area contributed by atoms with Crippen molar-refractivity contribution in [1.29, 1.82) is 0 Å². The summed E-state index contributed by atoms with van der Waals surface area (Å²) in [5.41, 5.74) is 3.50. The van der Waals surface area contributed by atoms with Crippen LogP contribution in [0.15, 0.2) is 84.0 Å². The van der Waals surface area contributed by atoms with Crippen molar-refractivity contribution in [2.75, 3.05) is 0 Å². The molecule has 0 amide bonds. The molecule has 2 heterocycles. The topological polar surface area (TPSA) is 62.1 Å². The fourth-order valence-corrected chi connectivity index (χ4v) is 3.78. The number of ketones is 1. The summed E-state index contributed by atoms with van der Waals surface area (Å²) < 4.78 is 6.08. The Hall–Kier alpha value is -3.60. The van der Waals surface area contributed by atoms with Crippen molar-refractivity contribution >= 4 is 11.5 Å². The molecule has 5 rings (SSSR count). The van der Waals surface area contributed by atoms with E-state index in [2.05, 4.69) is 0 Å². The van der Waals surface area contributed by atoms with Gasteiger partial charge >= 0.3 is 0 Å². The molecule has 1 N–H and O–H groups in total. The lowest BCUT2D eigenvalue weighted by Gasteiger charge is -2.37. The summed E-state index contributed by atoms with van der Waals surface area (Å²) in [7, 11) is 0. The molecule has 0 saturated carbocycles. The van der Waals surface area contributed by atoms with E-state index in [1.807, 2.05) is 54.6 Å². The highest BCUT2D eigenvalue weighted by Crippen LogP contribution is 2.43. The molecule has 2 aliphatic rings. The maximum absolute atomic E-state index is 13.2. The van der Waals surface area contributed by atoms with Crippen molar-refractivity contribution in [2.45, 2.75) is 18.7 Å². The second-order valence-corrected chi connectivity index (χ2v) is 6.93. The van der Waals surface area contributed by atoms with Crippen LogP contribution < -0.4 is 4.74 Å². The van der Waals surface area contributed by atoms with E-state index in [4.69, 9.17) is 9.84 Å². The second kappa shape index (κ2) is 6.53. The summed E-state index contributed by atoms with van der Waals surface area (Å²) in [6.45, 7) is 0. The van der Waals surface area contributed by atoms with Crippen LogP contribution in [0.3, 0.4) is 0 Å². The molecular formula is C23H18N2O3. The Morgan fingerprint density at radius 1 is 0.964 bits per heavy atom. The standard InChI is InChI=1S/C23H18N2O3/c26-17-12-10-16(11-13-17)22(27)23-25-20(18-8-4-5-9-21(18)28-23)14-19(24-25)15-6-2-1-3-7-15/h1-13,20,23,26H,14H2/t20-,23-/m0/s1. The molecule has 3 aromatic carbocycles. The molecule has 5 heteroatoms. The van der Waals surface area contributed by atoms with Crippen LogP contribution >= 0.6 is 0 Å². The monoisotopic (exact) mass is 370 g/mol. The zero-order valence-corrected chi connectivity index (χ0v) is 15.0. The molecule has 0 spiro atoms. The maximum atomic E-state index is 13.2. The summed E-state index contributed by atoms with van der Waals surface area (Å²) >= 11 is 0. The van der Waals surface area contributed by atoms with Gasteiger partial charge < -0.3 is 9.84 Å².